The van der Waals surface area contributed by atoms with Crippen LogP contribution in [0.25, 0.3) is 11.0 Å². The molecule has 1 heterocycles. The Kier molecular flexibility index (Phi) is 3.22. The minimum absolute atomic E-state index is 0.0660. The van der Waals surface area contributed by atoms with E-state index in [4.69, 9.17) is 4.42 Å². The molecule has 0 saturated heterocycles. The lowest BCUT2D eigenvalue weighted by Crippen LogP contribution is -2.00. The van der Waals surface area contributed by atoms with Crippen LogP contribution in [-0.4, -0.2) is 11.3 Å². The molecule has 88 valence electrons. The Morgan fingerprint density at radius 3 is 2.71 bits per heavy atom. The molecule has 0 saturated carbocycles. The average molecular weight is 252 g/mol. The molecule has 1 unspecified atom stereocenters. The van der Waals surface area contributed by atoms with Crippen LogP contribution in [0.4, 0.5) is 0 Å². The lowest BCUT2D eigenvalue weighted by molar-refractivity contribution is -0.164. The second-order valence-electron chi connectivity index (χ2n) is 3.54. The number of phenols is 1. The van der Waals surface area contributed by atoms with Gasteiger partial charge in [-0.25, -0.2) is 4.79 Å². The minimum Gasteiger partial charge on any atom is -0.596 e. The molecule has 0 aliphatic heterocycles. The van der Waals surface area contributed by atoms with Crippen LogP contribution in [-0.2, 0) is 11.0 Å². The first-order valence-corrected chi connectivity index (χ1v) is 6.31. The zero-order valence-corrected chi connectivity index (χ0v) is 9.65. The summed E-state index contributed by atoms with van der Waals surface area (Å²) in [5, 5.41) is 10.3. The molecule has 1 aromatic carbocycles. The van der Waals surface area contributed by atoms with Crippen LogP contribution in [0.2, 0.25) is 0 Å². The Bertz CT molecular complexity index is 631. The zero-order valence-electron chi connectivity index (χ0n) is 8.75. The number of phenolic OH excluding ortho intramolecular Hbond substituents is 1. The molecule has 1 N–H and O–H groups in total. The summed E-state index contributed by atoms with van der Waals surface area (Å²) in [7, 11) is -2.53. The Morgan fingerprint density at radius 2 is 2.00 bits per heavy atom. The van der Waals surface area contributed by atoms with Gasteiger partial charge >= 0.3 is 13.7 Å². The molecule has 0 aliphatic carbocycles. The van der Waals surface area contributed by atoms with Crippen molar-refractivity contribution < 1.29 is 19.0 Å². The van der Waals surface area contributed by atoms with Gasteiger partial charge in [0.15, 0.2) is 0 Å². The van der Waals surface area contributed by atoms with Crippen molar-refractivity contribution in [3.63, 3.8) is 0 Å². The fourth-order valence-electron chi connectivity index (χ4n) is 1.62. The first-order chi connectivity index (χ1) is 8.08. The van der Waals surface area contributed by atoms with E-state index in [1.165, 1.54) is 12.1 Å². The van der Waals surface area contributed by atoms with Gasteiger partial charge in [0, 0.05) is 23.4 Å². The van der Waals surface area contributed by atoms with Crippen molar-refractivity contribution in [3.8, 4) is 5.75 Å². The largest absolute Gasteiger partial charge is 0.596 e. The van der Waals surface area contributed by atoms with Crippen molar-refractivity contribution in [2.45, 2.75) is 6.42 Å². The van der Waals surface area contributed by atoms with Gasteiger partial charge in [0.25, 0.3) is 0 Å². The first-order valence-electron chi connectivity index (χ1n) is 4.94. The van der Waals surface area contributed by atoms with E-state index in [1.807, 2.05) is 0 Å². The summed E-state index contributed by atoms with van der Waals surface area (Å²) in [6.07, 6.45) is 0.0233. The predicted octanol–water partition coefficient (Wildman–Crippen LogP) is 1.14. The summed E-state index contributed by atoms with van der Waals surface area (Å²) < 4.78 is 15.5. The number of benzene rings is 1. The lowest BCUT2D eigenvalue weighted by Gasteiger charge is -2.05. The van der Waals surface area contributed by atoms with E-state index in [-0.39, 0.29) is 23.9 Å². The fourth-order valence-corrected chi connectivity index (χ4v) is 2.03. The summed E-state index contributed by atoms with van der Waals surface area (Å²) in [6.45, 7) is 0. The van der Waals surface area contributed by atoms with Crippen molar-refractivity contribution in [2.24, 2.45) is 0 Å². The number of aryl methyl sites for hydroxylation is 1. The topological polar surface area (TPSA) is 90.6 Å². The monoisotopic (exact) mass is 252 g/mol. The summed E-state index contributed by atoms with van der Waals surface area (Å²) in [4.78, 5) is 21.7. The quantitative estimate of drug-likeness (QED) is 0.653. The number of fused-ring (bicyclic) bond motifs is 1. The highest BCUT2D eigenvalue weighted by Crippen LogP contribution is 2.28. The van der Waals surface area contributed by atoms with Gasteiger partial charge < -0.3 is 14.4 Å². The van der Waals surface area contributed by atoms with Gasteiger partial charge in [0.2, 0.25) is 0 Å². The van der Waals surface area contributed by atoms with Gasteiger partial charge in [-0.15, -0.1) is 0 Å². The normalized spacial score (nSPS) is 11.7. The molecule has 0 aliphatic rings. The minimum atomic E-state index is -2.53. The third-order valence-electron chi connectivity index (χ3n) is 2.41. The highest BCUT2D eigenvalue weighted by molar-refractivity contribution is 7.36. The Morgan fingerprint density at radius 1 is 1.29 bits per heavy atom. The molecule has 2 aromatic rings. The van der Waals surface area contributed by atoms with Gasteiger partial charge in [0.1, 0.15) is 17.5 Å². The zero-order chi connectivity index (χ0) is 12.4. The smallest absolute Gasteiger partial charge is 0.336 e. The summed E-state index contributed by atoms with van der Waals surface area (Å²) >= 11 is 0. The van der Waals surface area contributed by atoms with Gasteiger partial charge in [-0.05, 0) is 18.2 Å². The maximum Gasteiger partial charge on any atom is 0.336 e. The molecule has 0 spiro atoms. The molecule has 0 amide bonds. The van der Waals surface area contributed by atoms with Crippen LogP contribution in [0.5, 0.6) is 5.75 Å². The average Bonchev–Trinajstić information content (AvgIpc) is 2.27. The SMILES string of the molecule is O=c1ccc2ccc(O)c(CC[P+](=O)[O-])c2o1. The van der Waals surface area contributed by atoms with Crippen molar-refractivity contribution >= 4 is 19.0 Å². The van der Waals surface area contributed by atoms with E-state index in [0.29, 0.717) is 10.9 Å². The highest BCUT2D eigenvalue weighted by atomic mass is 31.1. The lowest BCUT2D eigenvalue weighted by atomic mass is 10.1. The molecule has 1 aromatic heterocycles. The molecule has 6 heteroatoms. The van der Waals surface area contributed by atoms with Crippen molar-refractivity contribution in [3.05, 3.63) is 40.2 Å². The van der Waals surface area contributed by atoms with Gasteiger partial charge in [-0.2, -0.15) is 0 Å². The molecule has 5 nitrogen and oxygen atoms in total. The molecule has 0 bridgehead atoms. The van der Waals surface area contributed by atoms with Gasteiger partial charge in [-0.3, -0.25) is 0 Å². The first kappa shape index (κ1) is 11.8. The fraction of sp³-hybridized carbons (Fsp3) is 0.182. The maximum atomic E-state index is 11.1. The van der Waals surface area contributed by atoms with Crippen LogP contribution in [0, 0.1) is 0 Å². The molecule has 1 atom stereocenters. The number of hydrogen-bond donors (Lipinski definition) is 1. The molecule has 2 rings (SSSR count). The van der Waals surface area contributed by atoms with Crippen molar-refractivity contribution in [2.75, 3.05) is 6.16 Å². The van der Waals surface area contributed by atoms with Gasteiger partial charge in [0.05, 0.1) is 0 Å². The Hall–Kier alpha value is -1.71. The summed E-state index contributed by atoms with van der Waals surface area (Å²) in [5.41, 5.74) is 0.0598. The van der Waals surface area contributed by atoms with E-state index in [0.717, 1.165) is 0 Å². The van der Waals surface area contributed by atoms with E-state index >= 15 is 0 Å². The van der Waals surface area contributed by atoms with Crippen LogP contribution < -0.4 is 10.5 Å². The van der Waals surface area contributed by atoms with Crippen molar-refractivity contribution in [1.29, 1.82) is 0 Å². The second-order valence-corrected chi connectivity index (χ2v) is 4.66. The molecule has 17 heavy (non-hydrogen) atoms. The van der Waals surface area contributed by atoms with Gasteiger partial charge in [-0.1, -0.05) is 4.57 Å². The second kappa shape index (κ2) is 4.65. The molecular weight excluding hydrogens is 243 g/mol. The maximum absolute atomic E-state index is 11.1. The van der Waals surface area contributed by atoms with E-state index in [1.54, 1.807) is 12.1 Å². The van der Waals surface area contributed by atoms with Crippen LogP contribution in [0.15, 0.2) is 33.5 Å². The predicted molar refractivity (Wildman–Crippen MR) is 60.3 cm³/mol. The summed E-state index contributed by atoms with van der Waals surface area (Å²) in [6, 6.07) is 5.91. The van der Waals surface area contributed by atoms with Crippen molar-refractivity contribution in [1.82, 2.24) is 0 Å². The third-order valence-corrected chi connectivity index (χ3v) is 3.00. The van der Waals surface area contributed by atoms with Crippen LogP contribution >= 0.6 is 8.03 Å². The summed E-state index contributed by atoms with van der Waals surface area (Å²) in [5.74, 6) is -0.0660. The van der Waals surface area contributed by atoms with E-state index in [2.05, 4.69) is 0 Å². The Labute approximate surface area is 97.2 Å². The standard InChI is InChI=1S/C11H9O5P/c12-9-3-1-7-2-4-10(13)16-11(7)8(9)5-6-17(14)15/h1-4,12H,5-6H2. The molecular formula is C11H9O5P. The van der Waals surface area contributed by atoms with Crippen LogP contribution in [0.3, 0.4) is 0 Å². The number of aromatic hydroxyl groups is 1. The number of rotatable bonds is 3. The molecule has 0 radical (unpaired) electrons. The van der Waals surface area contributed by atoms with E-state index in [9.17, 15) is 19.4 Å². The Balaban J connectivity index is 2.57. The highest BCUT2D eigenvalue weighted by Gasteiger charge is 2.12. The third kappa shape index (κ3) is 2.52. The van der Waals surface area contributed by atoms with E-state index < -0.39 is 13.7 Å². The van der Waals surface area contributed by atoms with Crippen LogP contribution in [0.1, 0.15) is 5.56 Å². The number of hydrogen-bond acceptors (Lipinski definition) is 5. The molecule has 0 fully saturated rings.